The molecule has 0 radical (unpaired) electrons. The van der Waals surface area contributed by atoms with Gasteiger partial charge >= 0.3 is 0 Å². The van der Waals surface area contributed by atoms with Gasteiger partial charge in [-0.1, -0.05) is 48.0 Å². The lowest BCUT2D eigenvalue weighted by Gasteiger charge is -2.22. The first-order valence-electron chi connectivity index (χ1n) is 9.33. The van der Waals surface area contributed by atoms with E-state index in [0.29, 0.717) is 12.0 Å². The van der Waals surface area contributed by atoms with Crippen molar-refractivity contribution in [2.75, 3.05) is 7.11 Å². The maximum atomic E-state index is 13.2. The van der Waals surface area contributed by atoms with E-state index in [1.807, 2.05) is 85.8 Å². The van der Waals surface area contributed by atoms with Crippen LogP contribution in [0.1, 0.15) is 39.5 Å². The number of hydrogen-bond donors (Lipinski definition) is 0. The van der Waals surface area contributed by atoms with Crippen LogP contribution in [0, 0.1) is 6.92 Å². The lowest BCUT2D eigenvalue weighted by molar-refractivity contribution is 0.0711. The van der Waals surface area contributed by atoms with Gasteiger partial charge in [0, 0.05) is 12.0 Å². The Kier molecular flexibility index (Phi) is 4.94. The smallest absolute Gasteiger partial charge is 0.274 e. The molecule has 4 heteroatoms. The predicted molar refractivity (Wildman–Crippen MR) is 111 cm³/mol. The number of hydrogen-bond acceptors (Lipinski definition) is 3. The molecule has 140 valence electrons. The fourth-order valence-electron chi connectivity index (χ4n) is 3.42. The van der Waals surface area contributed by atoms with E-state index < -0.39 is 0 Å². The molecule has 0 unspecified atom stereocenters. The molecule has 1 aliphatic heterocycles. The molecule has 28 heavy (non-hydrogen) atoms. The van der Waals surface area contributed by atoms with Crippen LogP contribution in [0.5, 0.6) is 5.75 Å². The molecule has 0 saturated carbocycles. The molecule has 1 aliphatic rings. The molecule has 0 spiro atoms. The second-order valence-corrected chi connectivity index (χ2v) is 6.92. The van der Waals surface area contributed by atoms with Crippen LogP contribution < -0.4 is 4.74 Å². The molecule has 1 heterocycles. The largest absolute Gasteiger partial charge is 0.497 e. The van der Waals surface area contributed by atoms with Crippen LogP contribution in [-0.2, 0) is 0 Å². The van der Waals surface area contributed by atoms with Crippen molar-refractivity contribution in [2.45, 2.75) is 19.4 Å². The van der Waals surface area contributed by atoms with E-state index in [-0.39, 0.29) is 11.9 Å². The number of hydrazone groups is 1. The maximum Gasteiger partial charge on any atom is 0.274 e. The van der Waals surface area contributed by atoms with Crippen LogP contribution in [0.2, 0.25) is 0 Å². The van der Waals surface area contributed by atoms with Crippen molar-refractivity contribution in [3.05, 3.63) is 101 Å². The van der Waals surface area contributed by atoms with Crippen LogP contribution >= 0.6 is 0 Å². The molecule has 0 bridgehead atoms. The first-order chi connectivity index (χ1) is 13.7. The molecule has 4 nitrogen and oxygen atoms in total. The van der Waals surface area contributed by atoms with Gasteiger partial charge in [0.05, 0.1) is 18.9 Å². The monoisotopic (exact) mass is 370 g/mol. The van der Waals surface area contributed by atoms with Crippen molar-refractivity contribution in [3.63, 3.8) is 0 Å². The number of amides is 1. The third-order valence-electron chi connectivity index (χ3n) is 5.02. The quantitative estimate of drug-likeness (QED) is 0.649. The van der Waals surface area contributed by atoms with Gasteiger partial charge in [0.25, 0.3) is 5.91 Å². The number of methoxy groups -OCH3 is 1. The average Bonchev–Trinajstić information content (AvgIpc) is 3.20. The fraction of sp³-hybridized carbons (Fsp3) is 0.167. The number of carbonyl (C=O) groups excluding carboxylic acids is 1. The number of carbonyl (C=O) groups is 1. The minimum Gasteiger partial charge on any atom is -0.497 e. The Morgan fingerprint density at radius 2 is 1.64 bits per heavy atom. The molecule has 0 aromatic heterocycles. The van der Waals surface area contributed by atoms with Gasteiger partial charge < -0.3 is 4.74 Å². The lowest BCUT2D eigenvalue weighted by atomic mass is 9.98. The van der Waals surface area contributed by atoms with Gasteiger partial charge in [-0.3, -0.25) is 4.79 Å². The van der Waals surface area contributed by atoms with Crippen LogP contribution in [-0.4, -0.2) is 23.7 Å². The summed E-state index contributed by atoms with van der Waals surface area (Å²) in [6.45, 7) is 2.01. The van der Waals surface area contributed by atoms with Crippen molar-refractivity contribution < 1.29 is 9.53 Å². The first-order valence-corrected chi connectivity index (χ1v) is 9.33. The number of ether oxygens (including phenoxy) is 1. The highest BCUT2D eigenvalue weighted by Gasteiger charge is 2.33. The van der Waals surface area contributed by atoms with Crippen molar-refractivity contribution >= 4 is 11.6 Å². The van der Waals surface area contributed by atoms with E-state index in [9.17, 15) is 4.79 Å². The van der Waals surface area contributed by atoms with Crippen LogP contribution in [0.3, 0.4) is 0 Å². The molecule has 1 atom stereocenters. The van der Waals surface area contributed by atoms with Gasteiger partial charge in [-0.2, -0.15) is 5.10 Å². The first kappa shape index (κ1) is 18.0. The minimum atomic E-state index is -0.118. The number of benzene rings is 3. The van der Waals surface area contributed by atoms with Crippen molar-refractivity contribution in [3.8, 4) is 5.75 Å². The Morgan fingerprint density at radius 1 is 0.964 bits per heavy atom. The van der Waals surface area contributed by atoms with Crippen molar-refractivity contribution in [1.29, 1.82) is 0 Å². The summed E-state index contributed by atoms with van der Waals surface area (Å²) in [7, 11) is 1.65. The summed E-state index contributed by atoms with van der Waals surface area (Å²) >= 11 is 0. The highest BCUT2D eigenvalue weighted by molar-refractivity contribution is 6.05. The van der Waals surface area contributed by atoms with Crippen LogP contribution in [0.4, 0.5) is 0 Å². The van der Waals surface area contributed by atoms with Gasteiger partial charge in [-0.25, -0.2) is 5.01 Å². The second kappa shape index (κ2) is 7.69. The summed E-state index contributed by atoms with van der Waals surface area (Å²) in [5.41, 5.74) is 4.75. The Balaban J connectivity index is 1.70. The highest BCUT2D eigenvalue weighted by atomic mass is 16.5. The Hall–Kier alpha value is -3.40. The molecule has 3 aromatic carbocycles. The molecule has 0 fully saturated rings. The molecule has 3 aromatic rings. The van der Waals surface area contributed by atoms with E-state index in [2.05, 4.69) is 0 Å². The third kappa shape index (κ3) is 3.54. The molecular formula is C24H22N2O2. The number of aryl methyl sites for hydroxylation is 1. The molecule has 0 aliphatic carbocycles. The normalized spacial score (nSPS) is 16.0. The Morgan fingerprint density at radius 3 is 2.29 bits per heavy atom. The summed E-state index contributed by atoms with van der Waals surface area (Å²) in [6, 6.07) is 25.4. The SMILES string of the molecule is COc1ccc(C2=NN(C(=O)c3ccc(C)cc3)[C@@H](c3ccccc3)C2)cc1. The van der Waals surface area contributed by atoms with E-state index in [0.717, 1.165) is 28.2 Å². The minimum absolute atomic E-state index is 0.0858. The predicted octanol–water partition coefficient (Wildman–Crippen LogP) is 5.00. The zero-order valence-corrected chi connectivity index (χ0v) is 16.0. The van der Waals surface area contributed by atoms with Gasteiger partial charge in [-0.05, 0) is 54.4 Å². The third-order valence-corrected chi connectivity index (χ3v) is 5.02. The zero-order valence-electron chi connectivity index (χ0n) is 16.0. The Bertz CT molecular complexity index is 993. The number of rotatable bonds is 4. The second-order valence-electron chi connectivity index (χ2n) is 6.92. The number of nitrogens with zero attached hydrogens (tertiary/aromatic N) is 2. The summed E-state index contributed by atoms with van der Waals surface area (Å²) in [6.07, 6.45) is 0.675. The van der Waals surface area contributed by atoms with Gasteiger partial charge in [0.2, 0.25) is 0 Å². The fourth-order valence-corrected chi connectivity index (χ4v) is 3.42. The standard InChI is InChI=1S/C24H22N2O2/c1-17-8-10-20(11-9-17)24(27)26-23(19-6-4-3-5-7-19)16-22(25-26)18-12-14-21(28-2)15-13-18/h3-15,23H,16H2,1-2H3/t23-/m1/s1. The van der Waals surface area contributed by atoms with E-state index in [4.69, 9.17) is 9.84 Å². The maximum absolute atomic E-state index is 13.2. The van der Waals surface area contributed by atoms with Gasteiger partial charge in [-0.15, -0.1) is 0 Å². The molecule has 0 N–H and O–H groups in total. The van der Waals surface area contributed by atoms with Crippen molar-refractivity contribution in [1.82, 2.24) is 5.01 Å². The molecule has 1 amide bonds. The van der Waals surface area contributed by atoms with E-state index in [1.165, 1.54) is 0 Å². The van der Waals surface area contributed by atoms with E-state index >= 15 is 0 Å². The Labute approximate surface area is 165 Å². The summed E-state index contributed by atoms with van der Waals surface area (Å²) in [4.78, 5) is 13.2. The van der Waals surface area contributed by atoms with Gasteiger partial charge in [0.15, 0.2) is 0 Å². The van der Waals surface area contributed by atoms with Gasteiger partial charge in [0.1, 0.15) is 5.75 Å². The van der Waals surface area contributed by atoms with Crippen molar-refractivity contribution in [2.24, 2.45) is 5.10 Å². The summed E-state index contributed by atoms with van der Waals surface area (Å²) in [5, 5.41) is 6.35. The lowest BCUT2D eigenvalue weighted by Crippen LogP contribution is -2.27. The topological polar surface area (TPSA) is 41.9 Å². The zero-order chi connectivity index (χ0) is 19.5. The van der Waals surface area contributed by atoms with E-state index in [1.54, 1.807) is 12.1 Å². The molecule has 0 saturated heterocycles. The molecular weight excluding hydrogens is 348 g/mol. The van der Waals surface area contributed by atoms with Crippen LogP contribution in [0.25, 0.3) is 0 Å². The average molecular weight is 370 g/mol. The molecule has 4 rings (SSSR count). The van der Waals surface area contributed by atoms with Crippen LogP contribution in [0.15, 0.2) is 84.0 Å². The summed E-state index contributed by atoms with van der Waals surface area (Å²) in [5.74, 6) is 0.715. The summed E-state index contributed by atoms with van der Waals surface area (Å²) < 4.78 is 5.24. The highest BCUT2D eigenvalue weighted by Crippen LogP contribution is 2.34.